The van der Waals surface area contributed by atoms with Crippen LogP contribution in [0.1, 0.15) is 33.1 Å². The Morgan fingerprint density at radius 3 is 2.33 bits per heavy atom. The van der Waals surface area contributed by atoms with Gasteiger partial charge in [-0.2, -0.15) is 0 Å². The third kappa shape index (κ3) is 3.88. The molecule has 0 aromatic rings. The largest absolute Gasteiger partial charge is 0.393 e. The van der Waals surface area contributed by atoms with Gasteiger partial charge < -0.3 is 10.2 Å². The smallest absolute Gasteiger partial charge is 0.0627 e. The lowest BCUT2D eigenvalue weighted by atomic mass is 9.90. The first kappa shape index (κ1) is 11.7. The number of hydrogen-bond acceptors (Lipinski definition) is 2. The van der Waals surface area contributed by atoms with Gasteiger partial charge in [-0.25, -0.2) is 0 Å². The van der Waals surface area contributed by atoms with E-state index in [4.69, 9.17) is 0 Å². The lowest BCUT2D eigenvalue weighted by Crippen LogP contribution is -2.29. The monoisotopic (exact) mass is 172 g/mol. The molecule has 0 aliphatic carbocycles. The first-order valence-electron chi connectivity index (χ1n) is 4.60. The Balaban J connectivity index is 3.98. The summed E-state index contributed by atoms with van der Waals surface area (Å²) >= 11 is 0. The van der Waals surface area contributed by atoms with Crippen LogP contribution in [0.5, 0.6) is 0 Å². The molecule has 0 aliphatic heterocycles. The van der Waals surface area contributed by atoms with Crippen LogP contribution in [0.15, 0.2) is 12.7 Å². The Kier molecular flexibility index (Phi) is 6.03. The summed E-state index contributed by atoms with van der Waals surface area (Å²) in [5, 5.41) is 18.9. The van der Waals surface area contributed by atoms with E-state index < -0.39 is 12.2 Å². The van der Waals surface area contributed by atoms with E-state index in [1.54, 1.807) is 13.0 Å². The maximum Gasteiger partial charge on any atom is 0.0627 e. The van der Waals surface area contributed by atoms with Crippen molar-refractivity contribution in [2.45, 2.75) is 45.3 Å². The molecule has 0 spiro atoms. The zero-order valence-corrected chi connectivity index (χ0v) is 8.03. The second-order valence-corrected chi connectivity index (χ2v) is 3.28. The predicted octanol–water partition coefficient (Wildman–Crippen LogP) is 1.72. The zero-order valence-electron chi connectivity index (χ0n) is 8.03. The minimum atomic E-state index is -0.442. The van der Waals surface area contributed by atoms with Gasteiger partial charge in [-0.3, -0.25) is 0 Å². The Hall–Kier alpha value is -0.340. The Morgan fingerprint density at radius 1 is 1.42 bits per heavy atom. The van der Waals surface area contributed by atoms with Gasteiger partial charge in [0.05, 0.1) is 12.2 Å². The van der Waals surface area contributed by atoms with Crippen LogP contribution in [-0.2, 0) is 0 Å². The maximum absolute atomic E-state index is 9.58. The third-order valence-corrected chi connectivity index (χ3v) is 2.14. The summed E-state index contributed by atoms with van der Waals surface area (Å²) in [6.45, 7) is 7.34. The molecule has 0 bridgehead atoms. The molecular weight excluding hydrogens is 152 g/mol. The van der Waals surface area contributed by atoms with Crippen LogP contribution >= 0.6 is 0 Å². The van der Waals surface area contributed by atoms with Crippen molar-refractivity contribution in [3.05, 3.63) is 12.7 Å². The lowest BCUT2D eigenvalue weighted by molar-refractivity contribution is 0.0186. The van der Waals surface area contributed by atoms with Crippen molar-refractivity contribution in [1.29, 1.82) is 0 Å². The first-order chi connectivity index (χ1) is 5.63. The molecule has 2 N–H and O–H groups in total. The molecule has 72 valence electrons. The fourth-order valence-corrected chi connectivity index (χ4v) is 1.43. The highest BCUT2D eigenvalue weighted by atomic mass is 16.3. The average molecular weight is 172 g/mol. The quantitative estimate of drug-likeness (QED) is 0.599. The van der Waals surface area contributed by atoms with Crippen LogP contribution in [0, 0.1) is 5.92 Å². The predicted molar refractivity (Wildman–Crippen MR) is 50.9 cm³/mol. The molecule has 0 radical (unpaired) electrons. The average Bonchev–Trinajstić information content (AvgIpc) is 1.99. The second kappa shape index (κ2) is 6.21. The summed E-state index contributed by atoms with van der Waals surface area (Å²) in [5.74, 6) is -0.00648. The minimum Gasteiger partial charge on any atom is -0.393 e. The van der Waals surface area contributed by atoms with Gasteiger partial charge in [-0.15, -0.1) is 6.58 Å². The van der Waals surface area contributed by atoms with E-state index in [9.17, 15) is 10.2 Å². The van der Waals surface area contributed by atoms with Gasteiger partial charge in [0, 0.05) is 5.92 Å². The molecule has 12 heavy (non-hydrogen) atoms. The molecule has 2 nitrogen and oxygen atoms in total. The van der Waals surface area contributed by atoms with E-state index in [1.807, 2.05) is 0 Å². The number of aliphatic hydroxyl groups excluding tert-OH is 2. The van der Waals surface area contributed by atoms with E-state index in [0.717, 1.165) is 12.8 Å². The molecule has 0 fully saturated rings. The highest BCUT2D eigenvalue weighted by Gasteiger charge is 2.21. The first-order valence-corrected chi connectivity index (χ1v) is 4.60. The molecule has 0 aromatic heterocycles. The van der Waals surface area contributed by atoms with E-state index in [1.165, 1.54) is 0 Å². The van der Waals surface area contributed by atoms with Crippen LogP contribution in [-0.4, -0.2) is 22.4 Å². The van der Waals surface area contributed by atoms with Crippen molar-refractivity contribution in [3.8, 4) is 0 Å². The van der Waals surface area contributed by atoms with Crippen LogP contribution in [0.3, 0.4) is 0 Å². The standard InChI is InChI=1S/C10H20O2/c1-4-6-9(8(3)11)10(12)7-5-2/h5,8-12H,2,4,6-7H2,1,3H3. The summed E-state index contributed by atoms with van der Waals surface area (Å²) < 4.78 is 0. The molecular formula is C10H20O2. The summed E-state index contributed by atoms with van der Waals surface area (Å²) in [5.41, 5.74) is 0. The minimum absolute atomic E-state index is 0.00648. The van der Waals surface area contributed by atoms with E-state index in [2.05, 4.69) is 13.5 Å². The zero-order chi connectivity index (χ0) is 9.56. The summed E-state index contributed by atoms with van der Waals surface area (Å²) in [6.07, 6.45) is 3.24. The normalized spacial score (nSPS) is 18.3. The Bertz CT molecular complexity index is 121. The van der Waals surface area contributed by atoms with Crippen molar-refractivity contribution in [1.82, 2.24) is 0 Å². The van der Waals surface area contributed by atoms with Gasteiger partial charge in [0.25, 0.3) is 0 Å². The van der Waals surface area contributed by atoms with Crippen LogP contribution in [0.2, 0.25) is 0 Å². The van der Waals surface area contributed by atoms with Gasteiger partial charge in [-0.05, 0) is 19.8 Å². The van der Waals surface area contributed by atoms with Gasteiger partial charge in [-0.1, -0.05) is 19.4 Å². The summed E-state index contributed by atoms with van der Waals surface area (Å²) in [6, 6.07) is 0. The van der Waals surface area contributed by atoms with Gasteiger partial charge in [0.1, 0.15) is 0 Å². The molecule has 0 rings (SSSR count). The Labute approximate surface area is 74.9 Å². The fraction of sp³-hybridized carbons (Fsp3) is 0.800. The Morgan fingerprint density at radius 2 is 2.00 bits per heavy atom. The summed E-state index contributed by atoms with van der Waals surface area (Å²) in [4.78, 5) is 0. The fourth-order valence-electron chi connectivity index (χ4n) is 1.43. The maximum atomic E-state index is 9.58. The SMILES string of the molecule is C=CCC(O)C(CCC)C(C)O. The molecule has 3 unspecified atom stereocenters. The third-order valence-electron chi connectivity index (χ3n) is 2.14. The highest BCUT2D eigenvalue weighted by molar-refractivity contribution is 4.80. The molecule has 0 saturated heterocycles. The van der Waals surface area contributed by atoms with Crippen molar-refractivity contribution < 1.29 is 10.2 Å². The number of rotatable bonds is 6. The van der Waals surface area contributed by atoms with E-state index >= 15 is 0 Å². The molecule has 0 aliphatic rings. The molecule has 2 heteroatoms. The molecule has 3 atom stereocenters. The molecule has 0 heterocycles. The second-order valence-electron chi connectivity index (χ2n) is 3.28. The highest BCUT2D eigenvalue weighted by Crippen LogP contribution is 2.18. The van der Waals surface area contributed by atoms with Crippen molar-refractivity contribution in [3.63, 3.8) is 0 Å². The van der Waals surface area contributed by atoms with Crippen molar-refractivity contribution in [2.75, 3.05) is 0 Å². The van der Waals surface area contributed by atoms with Crippen LogP contribution in [0.4, 0.5) is 0 Å². The van der Waals surface area contributed by atoms with Gasteiger partial charge in [0.2, 0.25) is 0 Å². The van der Waals surface area contributed by atoms with E-state index in [0.29, 0.717) is 6.42 Å². The van der Waals surface area contributed by atoms with Gasteiger partial charge in [0.15, 0.2) is 0 Å². The van der Waals surface area contributed by atoms with Crippen LogP contribution in [0.25, 0.3) is 0 Å². The van der Waals surface area contributed by atoms with E-state index in [-0.39, 0.29) is 5.92 Å². The van der Waals surface area contributed by atoms with Gasteiger partial charge >= 0.3 is 0 Å². The van der Waals surface area contributed by atoms with Crippen molar-refractivity contribution in [2.24, 2.45) is 5.92 Å². The van der Waals surface area contributed by atoms with Crippen molar-refractivity contribution >= 4 is 0 Å². The topological polar surface area (TPSA) is 40.5 Å². The molecule has 0 amide bonds. The number of aliphatic hydroxyl groups is 2. The summed E-state index contributed by atoms with van der Waals surface area (Å²) in [7, 11) is 0. The molecule has 0 aromatic carbocycles. The molecule has 0 saturated carbocycles. The number of hydrogen-bond donors (Lipinski definition) is 2. The lowest BCUT2D eigenvalue weighted by Gasteiger charge is -2.24. The van der Waals surface area contributed by atoms with Crippen LogP contribution < -0.4 is 0 Å².